The Balaban J connectivity index is 1.23. The molecule has 6 N–H and O–H groups in total. The van der Waals surface area contributed by atoms with Crippen molar-refractivity contribution in [3.8, 4) is 0 Å². The molecule has 0 spiro atoms. The van der Waals surface area contributed by atoms with Gasteiger partial charge >= 0.3 is 0 Å². The van der Waals surface area contributed by atoms with Crippen LogP contribution < -0.4 is 32.1 Å². The summed E-state index contributed by atoms with van der Waals surface area (Å²) < 4.78 is 12.3. The number of carbonyl (C=O) groups is 4. The van der Waals surface area contributed by atoms with Crippen LogP contribution in [0.2, 0.25) is 0 Å². The minimum Gasteiger partial charge on any atom is -0.381 e. The normalized spacial score (nSPS) is 35.2. The fourth-order valence-electron chi connectivity index (χ4n) is 9.70. The van der Waals surface area contributed by atoms with E-state index in [1.807, 2.05) is 0 Å². The summed E-state index contributed by atoms with van der Waals surface area (Å²) in [5.74, 6) is 0.441. The van der Waals surface area contributed by atoms with E-state index in [-0.39, 0.29) is 47.7 Å². The molecule has 6 rings (SSSR count). The molecule has 4 amide bonds. The molecule has 6 aliphatic rings. The third kappa shape index (κ3) is 11.9. The Labute approximate surface area is 305 Å². The van der Waals surface area contributed by atoms with E-state index in [4.69, 9.17) is 9.47 Å². The first kappa shape index (κ1) is 38.4. The van der Waals surface area contributed by atoms with Gasteiger partial charge in [0.05, 0.1) is 18.2 Å². The number of hydrazine groups is 1. The third-order valence-electron chi connectivity index (χ3n) is 12.8. The Morgan fingerprint density at radius 3 is 2.08 bits per heavy atom. The van der Waals surface area contributed by atoms with Crippen LogP contribution in [-0.4, -0.2) is 86.3 Å². The van der Waals surface area contributed by atoms with Crippen LogP contribution in [0.25, 0.3) is 0 Å². The Bertz CT molecular complexity index is 1140. The van der Waals surface area contributed by atoms with Gasteiger partial charge in [0.1, 0.15) is 18.1 Å². The molecule has 3 heterocycles. The number of amides is 4. The second-order valence-electron chi connectivity index (χ2n) is 16.7. The fraction of sp³-hybridized carbons (Fsp3) is 0.897. The molecule has 4 bridgehead atoms. The molecule has 0 aromatic rings. The van der Waals surface area contributed by atoms with E-state index in [0.29, 0.717) is 57.3 Å². The first-order valence-corrected chi connectivity index (χ1v) is 20.8. The Hall–Kier alpha value is -2.28. The van der Waals surface area contributed by atoms with Gasteiger partial charge in [0.25, 0.3) is 0 Å². The number of ether oxygens (including phenoxy) is 2. The van der Waals surface area contributed by atoms with Crippen molar-refractivity contribution in [3.63, 3.8) is 0 Å². The van der Waals surface area contributed by atoms with Crippen LogP contribution in [0.3, 0.4) is 0 Å². The largest absolute Gasteiger partial charge is 0.381 e. The number of carbonyl (C=O) groups excluding carboxylic acids is 4. The number of rotatable bonds is 8. The molecular formula is C39H66N6O6. The van der Waals surface area contributed by atoms with Crippen LogP contribution in [0.5, 0.6) is 0 Å². The molecule has 288 valence electrons. The SMILES string of the molecule is O=C(N[C@H]1CC2CCCC(C2)OC2CCCC(C2)C[C@@H](C(=O)NCC2CCOCC2)NC(=O)[C@H](CCC2CCCCC2)NC1=O)C1CCCNN1. The van der Waals surface area contributed by atoms with Crippen molar-refractivity contribution in [1.82, 2.24) is 32.1 Å². The molecule has 3 saturated heterocycles. The number of hydrogen-bond donors (Lipinski definition) is 6. The first-order valence-electron chi connectivity index (χ1n) is 20.8. The van der Waals surface area contributed by atoms with Gasteiger partial charge in [-0.25, -0.2) is 5.43 Å². The Morgan fingerprint density at radius 1 is 0.647 bits per heavy atom. The van der Waals surface area contributed by atoms with Gasteiger partial charge in [0, 0.05) is 26.3 Å². The lowest BCUT2D eigenvalue weighted by atomic mass is 9.81. The molecule has 0 aromatic carbocycles. The van der Waals surface area contributed by atoms with Crippen molar-refractivity contribution in [3.05, 3.63) is 0 Å². The number of nitrogens with one attached hydrogen (secondary N) is 6. The lowest BCUT2D eigenvalue weighted by Gasteiger charge is -2.38. The van der Waals surface area contributed by atoms with Gasteiger partial charge in [0.15, 0.2) is 0 Å². The summed E-state index contributed by atoms with van der Waals surface area (Å²) in [5.41, 5.74) is 6.16. The zero-order chi connectivity index (χ0) is 35.4. The van der Waals surface area contributed by atoms with Crippen LogP contribution in [0.15, 0.2) is 0 Å². The standard InChI is InChI=1S/C39H66N6O6/c46-36(40-25-27-16-19-50-20-17-27)34-23-28-9-4-11-30(21-28)51-31-12-5-10-29(22-31)24-35(44-38(48)33-13-6-18-41-45-33)39(49)42-32(37(47)43-34)15-14-26-7-2-1-3-8-26/h26-35,41,45H,1-25H2,(H,40,46)(H,42,49)(H,43,47)(H,44,48)/t28?,29?,30?,31?,32-,33?,34-,35-/m0/s1. The summed E-state index contributed by atoms with van der Waals surface area (Å²) in [5, 5.41) is 12.6. The van der Waals surface area contributed by atoms with E-state index >= 15 is 0 Å². The van der Waals surface area contributed by atoms with Crippen LogP contribution in [-0.2, 0) is 28.7 Å². The molecule has 0 aromatic heterocycles. The van der Waals surface area contributed by atoms with E-state index in [1.54, 1.807) is 0 Å². The minimum absolute atomic E-state index is 0.130. The molecule has 12 nitrogen and oxygen atoms in total. The average Bonchev–Trinajstić information content (AvgIpc) is 3.16. The molecule has 3 aliphatic heterocycles. The summed E-state index contributed by atoms with van der Waals surface area (Å²) in [6.45, 7) is 2.79. The summed E-state index contributed by atoms with van der Waals surface area (Å²) in [4.78, 5) is 56.0. The average molecular weight is 715 g/mol. The summed E-state index contributed by atoms with van der Waals surface area (Å²) >= 11 is 0. The first-order chi connectivity index (χ1) is 24.9. The predicted octanol–water partition coefficient (Wildman–Crippen LogP) is 3.53. The molecule has 3 aliphatic carbocycles. The van der Waals surface area contributed by atoms with Gasteiger partial charge in [-0.1, -0.05) is 57.8 Å². The monoisotopic (exact) mass is 715 g/mol. The molecule has 8 atom stereocenters. The quantitative estimate of drug-likeness (QED) is 0.223. The summed E-state index contributed by atoms with van der Waals surface area (Å²) in [6, 6.07) is -2.66. The number of fused-ring (bicyclic) bond motifs is 4. The second-order valence-corrected chi connectivity index (χ2v) is 16.7. The van der Waals surface area contributed by atoms with Gasteiger partial charge < -0.3 is 30.7 Å². The summed E-state index contributed by atoms with van der Waals surface area (Å²) in [6.07, 6.45) is 19.9. The van der Waals surface area contributed by atoms with Crippen molar-refractivity contribution in [2.45, 2.75) is 171 Å². The zero-order valence-electron chi connectivity index (χ0n) is 30.9. The lowest BCUT2D eigenvalue weighted by molar-refractivity contribution is -0.135. The molecule has 51 heavy (non-hydrogen) atoms. The maximum absolute atomic E-state index is 14.3. The molecule has 12 heteroatoms. The fourth-order valence-corrected chi connectivity index (χ4v) is 9.70. The van der Waals surface area contributed by atoms with Crippen molar-refractivity contribution in [2.75, 3.05) is 26.3 Å². The minimum atomic E-state index is -0.784. The van der Waals surface area contributed by atoms with Crippen molar-refractivity contribution < 1.29 is 28.7 Å². The van der Waals surface area contributed by atoms with Crippen molar-refractivity contribution in [1.29, 1.82) is 0 Å². The van der Waals surface area contributed by atoms with E-state index in [9.17, 15) is 19.2 Å². The highest BCUT2D eigenvalue weighted by Crippen LogP contribution is 2.36. The van der Waals surface area contributed by atoms with Crippen molar-refractivity contribution in [2.24, 2.45) is 23.7 Å². The maximum atomic E-state index is 14.3. The van der Waals surface area contributed by atoms with Crippen LogP contribution in [0.1, 0.15) is 135 Å². The number of hydrogen-bond acceptors (Lipinski definition) is 8. The van der Waals surface area contributed by atoms with Gasteiger partial charge in [-0.2, -0.15) is 0 Å². The highest BCUT2D eigenvalue weighted by atomic mass is 16.5. The van der Waals surface area contributed by atoms with Crippen LogP contribution in [0.4, 0.5) is 0 Å². The predicted molar refractivity (Wildman–Crippen MR) is 194 cm³/mol. The molecule has 3 saturated carbocycles. The van der Waals surface area contributed by atoms with E-state index in [2.05, 4.69) is 32.1 Å². The van der Waals surface area contributed by atoms with E-state index < -0.39 is 24.2 Å². The molecule has 6 fully saturated rings. The van der Waals surface area contributed by atoms with Crippen molar-refractivity contribution >= 4 is 23.6 Å². The van der Waals surface area contributed by atoms with Gasteiger partial charge in [-0.15, -0.1) is 0 Å². The van der Waals surface area contributed by atoms with Crippen LogP contribution >= 0.6 is 0 Å². The van der Waals surface area contributed by atoms with Crippen LogP contribution in [0, 0.1) is 23.7 Å². The third-order valence-corrected chi connectivity index (χ3v) is 12.8. The Kier molecular flexibility index (Phi) is 14.8. The molecule has 5 unspecified atom stereocenters. The Morgan fingerprint density at radius 2 is 1.37 bits per heavy atom. The molecule has 0 radical (unpaired) electrons. The van der Waals surface area contributed by atoms with E-state index in [1.165, 1.54) is 19.3 Å². The van der Waals surface area contributed by atoms with Gasteiger partial charge in [-0.05, 0) is 101 Å². The second kappa shape index (κ2) is 19.7. The molecular weight excluding hydrogens is 648 g/mol. The van der Waals surface area contributed by atoms with Gasteiger partial charge in [0.2, 0.25) is 23.6 Å². The zero-order valence-corrected chi connectivity index (χ0v) is 30.9. The topological polar surface area (TPSA) is 159 Å². The van der Waals surface area contributed by atoms with E-state index in [0.717, 1.165) is 96.4 Å². The van der Waals surface area contributed by atoms with Gasteiger partial charge in [-0.3, -0.25) is 24.6 Å². The highest BCUT2D eigenvalue weighted by molar-refractivity contribution is 5.94. The smallest absolute Gasteiger partial charge is 0.243 e. The highest BCUT2D eigenvalue weighted by Gasteiger charge is 2.37. The summed E-state index contributed by atoms with van der Waals surface area (Å²) in [7, 11) is 0. The lowest BCUT2D eigenvalue weighted by Crippen LogP contribution is -2.60. The maximum Gasteiger partial charge on any atom is 0.243 e.